The molecule has 0 fully saturated rings. The van der Waals surface area contributed by atoms with Crippen molar-refractivity contribution < 1.29 is 14.9 Å². The lowest BCUT2D eigenvalue weighted by molar-refractivity contribution is 0.0280. The fourth-order valence-corrected chi connectivity index (χ4v) is 2.32. The van der Waals surface area contributed by atoms with Crippen LogP contribution < -0.4 is 5.32 Å². The largest absolute Gasteiger partial charge is 0.393 e. The molecule has 0 aliphatic carbocycles. The highest BCUT2D eigenvalue weighted by molar-refractivity contribution is 7.09. The summed E-state index contributed by atoms with van der Waals surface area (Å²) in [5.74, 6) is 0. The molecule has 3 atom stereocenters. The van der Waals surface area contributed by atoms with Gasteiger partial charge in [-0.05, 0) is 31.7 Å². The summed E-state index contributed by atoms with van der Waals surface area (Å²) in [6.07, 6.45) is -0.149. The second kappa shape index (κ2) is 8.61. The molecule has 3 N–H and O–H groups in total. The van der Waals surface area contributed by atoms with E-state index in [-0.39, 0.29) is 12.1 Å². The molecule has 0 amide bonds. The van der Waals surface area contributed by atoms with E-state index < -0.39 is 6.10 Å². The molecule has 0 radical (unpaired) electrons. The molecule has 0 bridgehead atoms. The predicted octanol–water partition coefficient (Wildman–Crippen LogP) is 1.37. The van der Waals surface area contributed by atoms with Crippen molar-refractivity contribution in [2.75, 3.05) is 13.2 Å². The average molecular weight is 273 g/mol. The molecular formula is C13H23NO3S. The lowest BCUT2D eigenvalue weighted by atomic mass is 10.1. The number of rotatable bonds is 9. The molecule has 18 heavy (non-hydrogen) atoms. The van der Waals surface area contributed by atoms with Gasteiger partial charge in [0.2, 0.25) is 0 Å². The topological polar surface area (TPSA) is 61.7 Å². The molecule has 3 unspecified atom stereocenters. The molecule has 1 rings (SSSR count). The summed E-state index contributed by atoms with van der Waals surface area (Å²) in [6, 6.07) is 4.19. The zero-order valence-corrected chi connectivity index (χ0v) is 11.8. The third-order valence-electron chi connectivity index (χ3n) is 2.53. The molecule has 1 aromatic heterocycles. The Balaban J connectivity index is 2.04. The summed E-state index contributed by atoms with van der Waals surface area (Å²) < 4.78 is 5.42. The first-order valence-corrected chi connectivity index (χ1v) is 7.15. The van der Waals surface area contributed by atoms with E-state index in [2.05, 4.69) is 5.32 Å². The molecule has 4 nitrogen and oxygen atoms in total. The number of hydrogen-bond donors (Lipinski definition) is 3. The van der Waals surface area contributed by atoms with Gasteiger partial charge in [0.25, 0.3) is 0 Å². The van der Waals surface area contributed by atoms with Gasteiger partial charge in [-0.25, -0.2) is 0 Å². The second-order valence-electron chi connectivity index (χ2n) is 4.64. The Kier molecular flexibility index (Phi) is 7.46. The first kappa shape index (κ1) is 15.6. The Hall–Kier alpha value is -0.460. The van der Waals surface area contributed by atoms with Crippen molar-refractivity contribution in [1.29, 1.82) is 0 Å². The molecule has 5 heteroatoms. The van der Waals surface area contributed by atoms with E-state index in [4.69, 9.17) is 4.74 Å². The van der Waals surface area contributed by atoms with Crippen LogP contribution in [0.15, 0.2) is 17.5 Å². The van der Waals surface area contributed by atoms with E-state index in [1.165, 1.54) is 0 Å². The minimum atomic E-state index is -0.513. The van der Waals surface area contributed by atoms with Gasteiger partial charge in [-0.1, -0.05) is 6.07 Å². The summed E-state index contributed by atoms with van der Waals surface area (Å²) in [4.78, 5) is 1.16. The minimum absolute atomic E-state index is 0.192. The molecule has 0 aromatic carbocycles. The van der Waals surface area contributed by atoms with Crippen LogP contribution >= 0.6 is 11.3 Å². The Morgan fingerprint density at radius 3 is 2.78 bits per heavy atom. The summed E-state index contributed by atoms with van der Waals surface area (Å²) in [5.41, 5.74) is 0. The van der Waals surface area contributed by atoms with Crippen LogP contribution in [0.4, 0.5) is 0 Å². The first-order chi connectivity index (χ1) is 8.58. The summed E-state index contributed by atoms with van der Waals surface area (Å²) in [7, 11) is 0. The highest BCUT2D eigenvalue weighted by Gasteiger charge is 2.09. The van der Waals surface area contributed by atoms with E-state index in [0.29, 0.717) is 26.2 Å². The maximum Gasteiger partial charge on any atom is 0.0897 e. The standard InChI is InChI=1S/C13H23NO3S/c1-10(6-11(2)15)14-7-12(16)8-17-9-13-4-3-5-18-13/h3-5,10-12,14-16H,6-9H2,1-2H3. The highest BCUT2D eigenvalue weighted by atomic mass is 32.1. The zero-order chi connectivity index (χ0) is 13.4. The predicted molar refractivity (Wildman–Crippen MR) is 73.7 cm³/mol. The molecule has 0 aliphatic rings. The van der Waals surface area contributed by atoms with Gasteiger partial charge in [0, 0.05) is 17.5 Å². The molecule has 104 valence electrons. The quantitative estimate of drug-likeness (QED) is 0.636. The van der Waals surface area contributed by atoms with Crippen LogP contribution in [0.5, 0.6) is 0 Å². The van der Waals surface area contributed by atoms with Crippen molar-refractivity contribution in [1.82, 2.24) is 5.32 Å². The number of nitrogens with one attached hydrogen (secondary N) is 1. The van der Waals surface area contributed by atoms with E-state index >= 15 is 0 Å². The number of hydrogen-bond acceptors (Lipinski definition) is 5. The van der Waals surface area contributed by atoms with Crippen LogP contribution in [-0.2, 0) is 11.3 Å². The Morgan fingerprint density at radius 2 is 2.17 bits per heavy atom. The average Bonchev–Trinajstić information content (AvgIpc) is 2.78. The van der Waals surface area contributed by atoms with Gasteiger partial charge in [0.1, 0.15) is 0 Å². The summed E-state index contributed by atoms with van der Waals surface area (Å²) in [5, 5.41) is 24.1. The lowest BCUT2D eigenvalue weighted by Crippen LogP contribution is -2.37. The van der Waals surface area contributed by atoms with Gasteiger partial charge in [0.05, 0.1) is 25.4 Å². The van der Waals surface area contributed by atoms with Gasteiger partial charge < -0.3 is 20.3 Å². The van der Waals surface area contributed by atoms with Crippen LogP contribution in [0, 0.1) is 0 Å². The van der Waals surface area contributed by atoms with E-state index in [0.717, 1.165) is 4.88 Å². The van der Waals surface area contributed by atoms with Crippen molar-refractivity contribution in [2.45, 2.75) is 45.1 Å². The third kappa shape index (κ3) is 7.08. The van der Waals surface area contributed by atoms with Crippen molar-refractivity contribution in [2.24, 2.45) is 0 Å². The monoisotopic (exact) mass is 273 g/mol. The lowest BCUT2D eigenvalue weighted by Gasteiger charge is -2.18. The van der Waals surface area contributed by atoms with Crippen molar-refractivity contribution in [3.63, 3.8) is 0 Å². The molecular weight excluding hydrogens is 250 g/mol. The Bertz CT molecular complexity index is 303. The Labute approximate surface area is 113 Å². The van der Waals surface area contributed by atoms with E-state index in [9.17, 15) is 10.2 Å². The zero-order valence-electron chi connectivity index (χ0n) is 11.0. The smallest absolute Gasteiger partial charge is 0.0897 e. The molecule has 1 heterocycles. The van der Waals surface area contributed by atoms with Gasteiger partial charge in [-0.15, -0.1) is 11.3 Å². The van der Waals surface area contributed by atoms with Gasteiger partial charge in [-0.2, -0.15) is 0 Å². The minimum Gasteiger partial charge on any atom is -0.393 e. The van der Waals surface area contributed by atoms with Gasteiger partial charge in [-0.3, -0.25) is 0 Å². The second-order valence-corrected chi connectivity index (χ2v) is 5.67. The van der Waals surface area contributed by atoms with E-state index in [1.807, 2.05) is 24.4 Å². The molecule has 0 aliphatic heterocycles. The SMILES string of the molecule is CC(O)CC(C)NCC(O)COCc1cccs1. The van der Waals surface area contributed by atoms with Crippen molar-refractivity contribution in [3.05, 3.63) is 22.4 Å². The molecule has 0 saturated heterocycles. The fraction of sp³-hybridized carbons (Fsp3) is 0.692. The van der Waals surface area contributed by atoms with Crippen LogP contribution in [-0.4, -0.2) is 41.6 Å². The highest BCUT2D eigenvalue weighted by Crippen LogP contribution is 2.09. The molecule has 0 spiro atoms. The van der Waals surface area contributed by atoms with E-state index in [1.54, 1.807) is 18.3 Å². The van der Waals surface area contributed by atoms with Crippen LogP contribution in [0.25, 0.3) is 0 Å². The van der Waals surface area contributed by atoms with Crippen molar-refractivity contribution >= 4 is 11.3 Å². The summed E-state index contributed by atoms with van der Waals surface area (Å²) >= 11 is 1.65. The van der Waals surface area contributed by atoms with Crippen LogP contribution in [0.3, 0.4) is 0 Å². The van der Waals surface area contributed by atoms with Gasteiger partial charge >= 0.3 is 0 Å². The maximum absolute atomic E-state index is 9.71. The maximum atomic E-state index is 9.71. The number of aliphatic hydroxyl groups is 2. The van der Waals surface area contributed by atoms with Crippen molar-refractivity contribution in [3.8, 4) is 0 Å². The van der Waals surface area contributed by atoms with Crippen LogP contribution in [0.2, 0.25) is 0 Å². The number of ether oxygens (including phenoxy) is 1. The molecule has 1 aromatic rings. The molecule has 0 saturated carbocycles. The Morgan fingerprint density at radius 1 is 1.39 bits per heavy atom. The third-order valence-corrected chi connectivity index (χ3v) is 3.38. The summed E-state index contributed by atoms with van der Waals surface area (Å²) in [6.45, 7) is 5.12. The first-order valence-electron chi connectivity index (χ1n) is 6.27. The van der Waals surface area contributed by atoms with Gasteiger partial charge in [0.15, 0.2) is 0 Å². The van der Waals surface area contributed by atoms with Crippen LogP contribution in [0.1, 0.15) is 25.1 Å². The number of aliphatic hydroxyl groups excluding tert-OH is 2. The normalized spacial score (nSPS) is 16.4. The number of thiophene rings is 1. The fourth-order valence-electron chi connectivity index (χ4n) is 1.68.